The summed E-state index contributed by atoms with van der Waals surface area (Å²) in [6.45, 7) is 1.00. The van der Waals surface area contributed by atoms with Gasteiger partial charge in [0, 0.05) is 32.6 Å². The fourth-order valence-electron chi connectivity index (χ4n) is 3.81. The van der Waals surface area contributed by atoms with Gasteiger partial charge < -0.3 is 25.3 Å². The lowest BCUT2D eigenvalue weighted by atomic mass is 10.1. The summed E-state index contributed by atoms with van der Waals surface area (Å²) in [4.78, 5) is 21.5. The molecule has 32 heavy (non-hydrogen) atoms. The van der Waals surface area contributed by atoms with E-state index in [1.54, 1.807) is 6.20 Å². The van der Waals surface area contributed by atoms with Crippen LogP contribution in [0, 0.1) is 0 Å². The van der Waals surface area contributed by atoms with Gasteiger partial charge >= 0.3 is 0 Å². The third-order valence-corrected chi connectivity index (χ3v) is 5.49. The number of benzene rings is 1. The fourth-order valence-corrected chi connectivity index (χ4v) is 3.81. The second-order valence-corrected chi connectivity index (χ2v) is 7.58. The van der Waals surface area contributed by atoms with E-state index in [1.807, 2.05) is 43.1 Å². The number of carbonyl (C=O) groups is 1. The van der Waals surface area contributed by atoms with Gasteiger partial charge in [-0.2, -0.15) is 0 Å². The van der Waals surface area contributed by atoms with Gasteiger partial charge in [-0.05, 0) is 24.5 Å². The standard InChI is InChI=1S/C22H24N8O2/c1-23-16-11-18(27-15-7-3-5-14-6-4-10-32-20(14)15)28-30-17(12-25-21(16)30)22(31)26-13-19-24-8-9-29(19)2/h3,5,7-9,11-12,23H,4,6,10,13H2,1-2H3,(H,26,31)(H,27,28). The Balaban J connectivity index is 1.46. The molecule has 0 atom stereocenters. The van der Waals surface area contributed by atoms with Crippen LogP contribution in [0.5, 0.6) is 5.75 Å². The summed E-state index contributed by atoms with van der Waals surface area (Å²) < 4.78 is 9.30. The second kappa shape index (κ2) is 8.22. The molecule has 0 fully saturated rings. The zero-order chi connectivity index (χ0) is 22.1. The molecule has 4 aromatic rings. The fraction of sp³-hybridized carbons (Fsp3) is 0.273. The van der Waals surface area contributed by atoms with Gasteiger partial charge in [0.15, 0.2) is 17.2 Å². The van der Waals surface area contributed by atoms with Crippen LogP contribution in [0.15, 0.2) is 42.9 Å². The summed E-state index contributed by atoms with van der Waals surface area (Å²) in [5, 5.41) is 14.0. The van der Waals surface area contributed by atoms with E-state index in [9.17, 15) is 4.79 Å². The number of hydrogen-bond acceptors (Lipinski definition) is 7. The highest BCUT2D eigenvalue weighted by molar-refractivity contribution is 5.94. The van der Waals surface area contributed by atoms with Gasteiger partial charge in [0.1, 0.15) is 11.6 Å². The molecule has 1 aliphatic rings. The molecule has 1 aliphatic heterocycles. The number of aryl methyl sites for hydroxylation is 2. The Hall–Kier alpha value is -4.08. The van der Waals surface area contributed by atoms with Crippen molar-refractivity contribution < 1.29 is 9.53 Å². The van der Waals surface area contributed by atoms with Crippen molar-refractivity contribution in [3.63, 3.8) is 0 Å². The molecule has 5 rings (SSSR count). The maximum absolute atomic E-state index is 12.9. The number of nitrogens with zero attached hydrogens (tertiary/aromatic N) is 5. The van der Waals surface area contributed by atoms with Gasteiger partial charge in [0.25, 0.3) is 5.91 Å². The van der Waals surface area contributed by atoms with Crippen molar-refractivity contribution in [1.29, 1.82) is 0 Å². The average Bonchev–Trinajstić information content (AvgIpc) is 3.43. The van der Waals surface area contributed by atoms with Gasteiger partial charge in [0.2, 0.25) is 0 Å². The van der Waals surface area contributed by atoms with E-state index in [-0.39, 0.29) is 5.91 Å². The van der Waals surface area contributed by atoms with E-state index in [0.717, 1.165) is 35.8 Å². The number of carbonyl (C=O) groups excluding carboxylic acids is 1. The van der Waals surface area contributed by atoms with Crippen molar-refractivity contribution >= 4 is 28.7 Å². The van der Waals surface area contributed by atoms with Crippen LogP contribution in [0.2, 0.25) is 0 Å². The van der Waals surface area contributed by atoms with Crippen LogP contribution in [0.3, 0.4) is 0 Å². The number of imidazole rings is 2. The van der Waals surface area contributed by atoms with Crippen LogP contribution in [0.1, 0.15) is 28.3 Å². The Morgan fingerprint density at radius 3 is 2.97 bits per heavy atom. The van der Waals surface area contributed by atoms with Gasteiger partial charge in [-0.1, -0.05) is 12.1 Å². The molecule has 3 aromatic heterocycles. The third kappa shape index (κ3) is 3.59. The molecule has 0 saturated heterocycles. The van der Waals surface area contributed by atoms with E-state index in [0.29, 0.717) is 30.3 Å². The summed E-state index contributed by atoms with van der Waals surface area (Å²) >= 11 is 0. The maximum Gasteiger partial charge on any atom is 0.272 e. The minimum Gasteiger partial charge on any atom is -0.491 e. The zero-order valence-electron chi connectivity index (χ0n) is 17.9. The largest absolute Gasteiger partial charge is 0.491 e. The molecule has 0 aliphatic carbocycles. The number of fused-ring (bicyclic) bond motifs is 2. The Kier molecular flexibility index (Phi) is 5.10. The molecule has 1 amide bonds. The lowest BCUT2D eigenvalue weighted by Gasteiger charge is -2.21. The number of anilines is 3. The third-order valence-electron chi connectivity index (χ3n) is 5.49. The lowest BCUT2D eigenvalue weighted by molar-refractivity contribution is 0.0942. The highest BCUT2D eigenvalue weighted by Gasteiger charge is 2.19. The first-order valence-corrected chi connectivity index (χ1v) is 10.5. The Bertz CT molecular complexity index is 1290. The van der Waals surface area contributed by atoms with Crippen molar-refractivity contribution in [1.82, 2.24) is 29.5 Å². The normalized spacial score (nSPS) is 12.8. The highest BCUT2D eigenvalue weighted by Crippen LogP contribution is 2.35. The second-order valence-electron chi connectivity index (χ2n) is 7.58. The summed E-state index contributed by atoms with van der Waals surface area (Å²) in [5.74, 6) is 1.89. The first-order valence-electron chi connectivity index (χ1n) is 10.5. The number of aromatic nitrogens is 5. The van der Waals surface area contributed by atoms with Crippen molar-refractivity contribution in [3.05, 3.63) is 59.9 Å². The first kappa shape index (κ1) is 19.9. The minimum absolute atomic E-state index is 0.285. The molecule has 1 aromatic carbocycles. The quantitative estimate of drug-likeness (QED) is 0.429. The van der Waals surface area contributed by atoms with Crippen LogP contribution in [-0.4, -0.2) is 43.7 Å². The van der Waals surface area contributed by atoms with E-state index in [2.05, 4.69) is 37.1 Å². The molecule has 10 nitrogen and oxygen atoms in total. The van der Waals surface area contributed by atoms with Crippen LogP contribution >= 0.6 is 0 Å². The smallest absolute Gasteiger partial charge is 0.272 e. The van der Waals surface area contributed by atoms with E-state index in [4.69, 9.17) is 4.74 Å². The van der Waals surface area contributed by atoms with Gasteiger partial charge in [-0.15, -0.1) is 5.10 Å². The molecular formula is C22H24N8O2. The number of hydrogen-bond donors (Lipinski definition) is 3. The molecule has 0 radical (unpaired) electrons. The molecule has 164 valence electrons. The van der Waals surface area contributed by atoms with Gasteiger partial charge in [-0.25, -0.2) is 14.5 Å². The molecule has 10 heteroatoms. The zero-order valence-corrected chi connectivity index (χ0v) is 17.9. The molecule has 0 unspecified atom stereocenters. The molecule has 4 heterocycles. The van der Waals surface area contributed by atoms with Crippen LogP contribution < -0.4 is 20.7 Å². The molecule has 0 spiro atoms. The van der Waals surface area contributed by atoms with Crippen molar-refractivity contribution in [2.24, 2.45) is 7.05 Å². The summed E-state index contributed by atoms with van der Waals surface area (Å²) in [7, 11) is 3.69. The average molecular weight is 432 g/mol. The number of ether oxygens (including phenoxy) is 1. The number of amides is 1. The predicted octanol–water partition coefficient (Wildman–Crippen LogP) is 2.50. The van der Waals surface area contributed by atoms with E-state index >= 15 is 0 Å². The van der Waals surface area contributed by atoms with E-state index < -0.39 is 0 Å². The van der Waals surface area contributed by atoms with Crippen molar-refractivity contribution in [2.45, 2.75) is 19.4 Å². The monoisotopic (exact) mass is 432 g/mol. The summed E-state index contributed by atoms with van der Waals surface area (Å²) in [6, 6.07) is 7.90. The Morgan fingerprint density at radius 2 is 2.16 bits per heavy atom. The van der Waals surface area contributed by atoms with Crippen LogP contribution in [0.25, 0.3) is 5.65 Å². The highest BCUT2D eigenvalue weighted by atomic mass is 16.5. The number of rotatable bonds is 6. The van der Waals surface area contributed by atoms with Crippen LogP contribution in [0.4, 0.5) is 17.2 Å². The Labute approximate surface area is 184 Å². The predicted molar refractivity (Wildman–Crippen MR) is 120 cm³/mol. The van der Waals surface area contributed by atoms with Crippen molar-refractivity contribution in [3.8, 4) is 5.75 Å². The van der Waals surface area contributed by atoms with E-state index in [1.165, 1.54) is 16.3 Å². The molecule has 0 saturated carbocycles. The number of nitrogens with one attached hydrogen (secondary N) is 3. The van der Waals surface area contributed by atoms with Gasteiger partial charge in [-0.3, -0.25) is 4.79 Å². The molecule has 3 N–H and O–H groups in total. The first-order chi connectivity index (χ1) is 15.6. The summed E-state index contributed by atoms with van der Waals surface area (Å²) in [6.07, 6.45) is 7.05. The lowest BCUT2D eigenvalue weighted by Crippen LogP contribution is -2.26. The topological polar surface area (TPSA) is 110 Å². The van der Waals surface area contributed by atoms with Crippen LogP contribution in [-0.2, 0) is 20.0 Å². The van der Waals surface area contributed by atoms with Crippen molar-refractivity contribution in [2.75, 3.05) is 24.3 Å². The Morgan fingerprint density at radius 1 is 1.25 bits per heavy atom. The number of para-hydroxylation sites is 1. The summed E-state index contributed by atoms with van der Waals surface area (Å²) in [5.41, 5.74) is 3.66. The SMILES string of the molecule is CNc1cc(Nc2cccc3c2OCCC3)nn2c(C(=O)NCc3nccn3C)cnc12. The van der Waals surface area contributed by atoms with Gasteiger partial charge in [0.05, 0.1) is 30.7 Å². The maximum atomic E-state index is 12.9. The molecular weight excluding hydrogens is 408 g/mol. The molecule has 0 bridgehead atoms. The minimum atomic E-state index is -0.285.